The van der Waals surface area contributed by atoms with E-state index in [1.54, 1.807) is 0 Å². The highest BCUT2D eigenvalue weighted by Gasteiger charge is 2.26. The Morgan fingerprint density at radius 1 is 1.27 bits per heavy atom. The highest BCUT2D eigenvalue weighted by molar-refractivity contribution is 5.73. The monoisotopic (exact) mass is 226 g/mol. The quantitative estimate of drug-likeness (QED) is 0.717. The first-order valence-corrected chi connectivity index (χ1v) is 5.00. The summed E-state index contributed by atoms with van der Waals surface area (Å²) in [5.41, 5.74) is 0. The van der Waals surface area contributed by atoms with Gasteiger partial charge in [-0.1, -0.05) is 0 Å². The zero-order valence-electron chi connectivity index (χ0n) is 9.02. The lowest BCUT2D eigenvalue weighted by Crippen LogP contribution is -2.40. The van der Waals surface area contributed by atoms with Crippen LogP contribution in [-0.2, 0) is 0 Å². The second-order valence-electron chi connectivity index (χ2n) is 3.12. The number of hydrogen-bond acceptors (Lipinski definition) is 1. The summed E-state index contributed by atoms with van der Waals surface area (Å²) in [4.78, 5) is 12.8. The number of urea groups is 1. The second-order valence-corrected chi connectivity index (χ2v) is 3.12. The number of carbonyl (C=O) groups excluding carboxylic acids is 1. The lowest BCUT2D eigenvalue weighted by molar-refractivity contribution is -0.135. The van der Waals surface area contributed by atoms with Crippen LogP contribution in [0.1, 0.15) is 26.7 Å². The maximum absolute atomic E-state index is 11.7. The van der Waals surface area contributed by atoms with E-state index in [1.807, 2.05) is 13.8 Å². The Morgan fingerprint density at radius 2 is 1.80 bits per heavy atom. The van der Waals surface area contributed by atoms with Crippen molar-refractivity contribution in [3.05, 3.63) is 0 Å². The molecule has 0 rings (SSSR count). The molecule has 15 heavy (non-hydrogen) atoms. The largest absolute Gasteiger partial charge is 0.389 e. The van der Waals surface area contributed by atoms with E-state index in [0.717, 1.165) is 0 Å². The van der Waals surface area contributed by atoms with Gasteiger partial charge >= 0.3 is 12.2 Å². The van der Waals surface area contributed by atoms with Crippen LogP contribution >= 0.6 is 0 Å². The van der Waals surface area contributed by atoms with Gasteiger partial charge in [0.1, 0.15) is 0 Å². The Labute approximate surface area is 87.6 Å². The minimum atomic E-state index is -4.14. The molecule has 0 aromatic carbocycles. The van der Waals surface area contributed by atoms with Crippen LogP contribution in [0.5, 0.6) is 0 Å². The number of carbonyl (C=O) groups is 1. The third kappa shape index (κ3) is 7.04. The molecular weight excluding hydrogens is 209 g/mol. The fraction of sp³-hybridized carbons (Fsp3) is 0.889. The van der Waals surface area contributed by atoms with Crippen molar-refractivity contribution < 1.29 is 18.0 Å². The Bertz CT molecular complexity index is 190. The summed E-state index contributed by atoms with van der Waals surface area (Å²) < 4.78 is 35.2. The van der Waals surface area contributed by atoms with E-state index >= 15 is 0 Å². The Balaban J connectivity index is 3.63. The molecule has 0 radical (unpaired) electrons. The molecule has 0 aliphatic rings. The third-order valence-corrected chi connectivity index (χ3v) is 1.96. The number of hydrogen-bond donors (Lipinski definition) is 1. The first-order valence-electron chi connectivity index (χ1n) is 5.00. The molecule has 6 heteroatoms. The van der Waals surface area contributed by atoms with Gasteiger partial charge in [-0.2, -0.15) is 13.2 Å². The molecule has 0 bridgehead atoms. The van der Waals surface area contributed by atoms with Crippen molar-refractivity contribution in [2.75, 3.05) is 19.6 Å². The molecule has 1 N–H and O–H groups in total. The van der Waals surface area contributed by atoms with E-state index in [9.17, 15) is 18.0 Å². The van der Waals surface area contributed by atoms with Crippen molar-refractivity contribution in [2.45, 2.75) is 32.9 Å². The van der Waals surface area contributed by atoms with Crippen molar-refractivity contribution in [3.63, 3.8) is 0 Å². The summed E-state index contributed by atoms with van der Waals surface area (Å²) in [6.07, 6.45) is -5.07. The van der Waals surface area contributed by atoms with Gasteiger partial charge in [-0.3, -0.25) is 0 Å². The van der Waals surface area contributed by atoms with Crippen molar-refractivity contribution in [1.29, 1.82) is 0 Å². The molecule has 0 aliphatic carbocycles. The maximum atomic E-state index is 11.7. The number of alkyl halides is 3. The molecule has 0 atom stereocenters. The van der Waals surface area contributed by atoms with Gasteiger partial charge in [0.05, 0.1) is 0 Å². The van der Waals surface area contributed by atoms with Crippen LogP contribution in [0.3, 0.4) is 0 Å². The van der Waals surface area contributed by atoms with Gasteiger partial charge in [0, 0.05) is 26.1 Å². The van der Waals surface area contributed by atoms with Crippen LogP contribution in [0.15, 0.2) is 0 Å². The van der Waals surface area contributed by atoms with Crippen LogP contribution in [0.2, 0.25) is 0 Å². The molecule has 3 nitrogen and oxygen atoms in total. The predicted octanol–water partition coefficient (Wildman–Crippen LogP) is 2.38. The average molecular weight is 226 g/mol. The molecule has 90 valence electrons. The van der Waals surface area contributed by atoms with Crippen molar-refractivity contribution in [3.8, 4) is 0 Å². The van der Waals surface area contributed by atoms with E-state index < -0.39 is 12.6 Å². The molecular formula is C9H17F3N2O. The molecule has 0 aromatic heterocycles. The summed E-state index contributed by atoms with van der Waals surface area (Å²) in [6.45, 7) is 4.82. The van der Waals surface area contributed by atoms with Gasteiger partial charge in [0.2, 0.25) is 0 Å². The van der Waals surface area contributed by atoms with Crippen molar-refractivity contribution >= 4 is 6.03 Å². The number of rotatable bonds is 5. The lowest BCUT2D eigenvalue weighted by Gasteiger charge is -2.19. The number of nitrogens with zero attached hydrogens (tertiary/aromatic N) is 1. The van der Waals surface area contributed by atoms with Gasteiger partial charge in [-0.15, -0.1) is 0 Å². The summed E-state index contributed by atoms with van der Waals surface area (Å²) in [6, 6.07) is -0.304. The fourth-order valence-electron chi connectivity index (χ4n) is 1.11. The smallest absolute Gasteiger partial charge is 0.338 e. The lowest BCUT2D eigenvalue weighted by atomic mass is 10.3. The first-order chi connectivity index (χ1) is 6.90. The van der Waals surface area contributed by atoms with Crippen LogP contribution in [-0.4, -0.2) is 36.7 Å². The Kier molecular flexibility index (Phi) is 6.12. The normalized spacial score (nSPS) is 11.3. The molecule has 0 unspecified atom stereocenters. The molecule has 2 amide bonds. The topological polar surface area (TPSA) is 32.3 Å². The Morgan fingerprint density at radius 3 is 2.20 bits per heavy atom. The molecule has 0 spiro atoms. The van der Waals surface area contributed by atoms with Crippen molar-refractivity contribution in [1.82, 2.24) is 10.2 Å². The van der Waals surface area contributed by atoms with Gasteiger partial charge in [0.15, 0.2) is 0 Å². The van der Waals surface area contributed by atoms with E-state index in [0.29, 0.717) is 13.1 Å². The van der Waals surface area contributed by atoms with Crippen LogP contribution in [0.4, 0.5) is 18.0 Å². The highest BCUT2D eigenvalue weighted by Crippen LogP contribution is 2.20. The number of nitrogens with one attached hydrogen (secondary N) is 1. The summed E-state index contributed by atoms with van der Waals surface area (Å²) in [7, 11) is 0. The average Bonchev–Trinajstić information content (AvgIpc) is 2.13. The highest BCUT2D eigenvalue weighted by atomic mass is 19.4. The minimum absolute atomic E-state index is 0.0643. The molecule has 0 fully saturated rings. The second kappa shape index (κ2) is 6.53. The van der Waals surface area contributed by atoms with Crippen LogP contribution in [0, 0.1) is 0 Å². The van der Waals surface area contributed by atoms with Crippen LogP contribution in [0.25, 0.3) is 0 Å². The number of halogens is 3. The van der Waals surface area contributed by atoms with E-state index in [2.05, 4.69) is 5.32 Å². The predicted molar refractivity (Wildman–Crippen MR) is 51.6 cm³/mol. The first kappa shape index (κ1) is 14.1. The SMILES string of the molecule is CCN(CC)C(=O)NCCCC(F)(F)F. The third-order valence-electron chi connectivity index (χ3n) is 1.96. The fourth-order valence-corrected chi connectivity index (χ4v) is 1.11. The maximum Gasteiger partial charge on any atom is 0.389 e. The van der Waals surface area contributed by atoms with Gasteiger partial charge < -0.3 is 10.2 Å². The molecule has 0 aliphatic heterocycles. The zero-order valence-corrected chi connectivity index (χ0v) is 9.02. The Hall–Kier alpha value is -0.940. The molecule has 0 aromatic rings. The molecule has 0 saturated carbocycles. The van der Waals surface area contributed by atoms with Gasteiger partial charge in [-0.05, 0) is 20.3 Å². The molecule has 0 heterocycles. The zero-order chi connectivity index (χ0) is 11.9. The van der Waals surface area contributed by atoms with Gasteiger partial charge in [-0.25, -0.2) is 4.79 Å². The number of amides is 2. The van der Waals surface area contributed by atoms with Crippen LogP contribution < -0.4 is 5.32 Å². The van der Waals surface area contributed by atoms with Crippen molar-refractivity contribution in [2.24, 2.45) is 0 Å². The summed E-state index contributed by atoms with van der Waals surface area (Å²) in [5.74, 6) is 0. The standard InChI is InChI=1S/C9H17F3N2O/c1-3-14(4-2)8(15)13-7-5-6-9(10,11)12/h3-7H2,1-2H3,(H,13,15). The summed E-state index contributed by atoms with van der Waals surface area (Å²) in [5, 5.41) is 2.44. The van der Waals surface area contributed by atoms with Gasteiger partial charge in [0.25, 0.3) is 0 Å². The minimum Gasteiger partial charge on any atom is -0.338 e. The van der Waals surface area contributed by atoms with E-state index in [1.165, 1.54) is 4.90 Å². The van der Waals surface area contributed by atoms with E-state index in [4.69, 9.17) is 0 Å². The summed E-state index contributed by atoms with van der Waals surface area (Å²) >= 11 is 0. The molecule has 0 saturated heterocycles. The van der Waals surface area contributed by atoms with E-state index in [-0.39, 0.29) is 19.0 Å².